The van der Waals surface area contributed by atoms with Crippen molar-refractivity contribution in [2.24, 2.45) is 0 Å². The van der Waals surface area contributed by atoms with Gasteiger partial charge in [0.15, 0.2) is 0 Å². The van der Waals surface area contributed by atoms with Gasteiger partial charge in [0.25, 0.3) is 0 Å². The molecule has 1 atom stereocenters. The van der Waals surface area contributed by atoms with Crippen molar-refractivity contribution < 1.29 is 0 Å². The van der Waals surface area contributed by atoms with Crippen molar-refractivity contribution in [3.05, 3.63) is 29.8 Å². The Morgan fingerprint density at radius 1 is 1.27 bits per heavy atom. The predicted octanol–water partition coefficient (Wildman–Crippen LogP) is 2.87. The first-order valence-corrected chi connectivity index (χ1v) is 8.01. The summed E-state index contributed by atoms with van der Waals surface area (Å²) in [5.74, 6) is 0. The summed E-state index contributed by atoms with van der Waals surface area (Å²) in [6, 6.07) is 9.75. The molecule has 0 aromatic heterocycles. The number of benzene rings is 1. The summed E-state index contributed by atoms with van der Waals surface area (Å²) < 4.78 is 0. The highest BCUT2D eigenvalue weighted by Crippen LogP contribution is 2.27. The fourth-order valence-electron chi connectivity index (χ4n) is 2.16. The van der Waals surface area contributed by atoms with E-state index in [2.05, 4.69) is 42.9 Å². The summed E-state index contributed by atoms with van der Waals surface area (Å²) in [5, 5.41) is 5.13. The second-order valence-electron chi connectivity index (χ2n) is 4.49. The Morgan fingerprint density at radius 3 is 2.80 bits per heavy atom. The highest BCUT2D eigenvalue weighted by Gasteiger charge is 2.14. The van der Waals surface area contributed by atoms with Crippen LogP contribution in [0.5, 0.6) is 0 Å². The molecule has 1 N–H and O–H groups in total. The highest BCUT2D eigenvalue weighted by atomic mass is 31.1. The van der Waals surface area contributed by atoms with Crippen molar-refractivity contribution in [1.29, 1.82) is 0 Å². The van der Waals surface area contributed by atoms with E-state index in [-0.39, 0.29) is 7.92 Å². The minimum Gasteiger partial charge on any atom is -0.310 e. The van der Waals surface area contributed by atoms with Gasteiger partial charge in [-0.1, -0.05) is 32.5 Å². The molecule has 1 unspecified atom stereocenters. The van der Waals surface area contributed by atoms with E-state index in [0.717, 1.165) is 0 Å². The molecule has 1 heterocycles. The lowest BCUT2D eigenvalue weighted by Gasteiger charge is -2.24. The Kier molecular flexibility index (Phi) is 3.77. The third-order valence-electron chi connectivity index (χ3n) is 3.10. The van der Waals surface area contributed by atoms with Crippen molar-refractivity contribution in [2.75, 3.05) is 19.9 Å². The lowest BCUT2D eigenvalue weighted by molar-refractivity contribution is 0.412. The van der Waals surface area contributed by atoms with Crippen LogP contribution in [0, 0.1) is 0 Å². The number of hydrogen-bond donors (Lipinski definition) is 1. The fraction of sp³-hybridized carbons (Fsp3) is 0.538. The van der Waals surface area contributed by atoms with Gasteiger partial charge in [-0.2, -0.15) is 0 Å². The van der Waals surface area contributed by atoms with Crippen molar-refractivity contribution in [3.8, 4) is 0 Å². The van der Waals surface area contributed by atoms with Crippen LogP contribution in [-0.4, -0.2) is 19.9 Å². The van der Waals surface area contributed by atoms with Crippen LogP contribution in [0.1, 0.15) is 30.9 Å². The van der Waals surface area contributed by atoms with E-state index in [1.807, 2.05) is 0 Å². The van der Waals surface area contributed by atoms with Crippen molar-refractivity contribution >= 4 is 13.2 Å². The molecular formula is C13H20NP. The molecule has 0 amide bonds. The van der Waals surface area contributed by atoms with Crippen molar-refractivity contribution in [2.45, 2.75) is 25.3 Å². The van der Waals surface area contributed by atoms with Crippen LogP contribution in [0.2, 0.25) is 0 Å². The SMILES string of the molecule is CP(C)c1cccc(C2CCCCN2)c1. The Bertz CT molecular complexity index is 316. The summed E-state index contributed by atoms with van der Waals surface area (Å²) in [5.41, 5.74) is 1.49. The van der Waals surface area contributed by atoms with Gasteiger partial charge in [0.2, 0.25) is 0 Å². The zero-order valence-electron chi connectivity index (χ0n) is 9.66. The molecule has 1 nitrogen and oxygen atoms in total. The van der Waals surface area contributed by atoms with Gasteiger partial charge in [0.1, 0.15) is 0 Å². The Balaban J connectivity index is 2.16. The van der Waals surface area contributed by atoms with Gasteiger partial charge < -0.3 is 5.32 Å². The standard InChI is InChI=1S/C13H20NP/c1-15(2)12-7-5-6-11(10-12)13-8-3-4-9-14-13/h5-7,10,13-14H,3-4,8-9H2,1-2H3. The third kappa shape index (κ3) is 2.80. The highest BCUT2D eigenvalue weighted by molar-refractivity contribution is 7.64. The third-order valence-corrected chi connectivity index (χ3v) is 4.41. The van der Waals surface area contributed by atoms with Gasteiger partial charge in [-0.15, -0.1) is 0 Å². The maximum absolute atomic E-state index is 3.61. The monoisotopic (exact) mass is 221 g/mol. The van der Waals surface area contributed by atoms with Gasteiger partial charge in [-0.05, 0) is 49.7 Å². The second kappa shape index (κ2) is 5.09. The molecule has 15 heavy (non-hydrogen) atoms. The topological polar surface area (TPSA) is 12.0 Å². The first-order chi connectivity index (χ1) is 7.27. The van der Waals surface area contributed by atoms with E-state index in [9.17, 15) is 0 Å². The summed E-state index contributed by atoms with van der Waals surface area (Å²) >= 11 is 0. The molecule has 0 bridgehead atoms. The molecule has 1 fully saturated rings. The molecule has 2 rings (SSSR count). The molecule has 0 saturated carbocycles. The minimum absolute atomic E-state index is 0.0394. The Hall–Kier alpha value is -0.390. The normalized spacial score (nSPS) is 21.9. The van der Waals surface area contributed by atoms with E-state index < -0.39 is 0 Å². The van der Waals surface area contributed by atoms with Gasteiger partial charge in [-0.25, -0.2) is 0 Å². The van der Waals surface area contributed by atoms with E-state index in [1.54, 1.807) is 0 Å². The molecule has 1 aromatic rings. The quantitative estimate of drug-likeness (QED) is 0.757. The Morgan fingerprint density at radius 2 is 2.13 bits per heavy atom. The molecule has 2 heteroatoms. The van der Waals surface area contributed by atoms with Gasteiger partial charge in [-0.3, -0.25) is 0 Å². The zero-order chi connectivity index (χ0) is 10.7. The maximum Gasteiger partial charge on any atom is 0.0320 e. The largest absolute Gasteiger partial charge is 0.310 e. The van der Waals surface area contributed by atoms with E-state index in [0.29, 0.717) is 6.04 Å². The number of rotatable bonds is 2. The van der Waals surface area contributed by atoms with Crippen LogP contribution in [0.4, 0.5) is 0 Å². The summed E-state index contributed by atoms with van der Waals surface area (Å²) in [6.45, 7) is 5.83. The lowest BCUT2D eigenvalue weighted by Crippen LogP contribution is -2.27. The number of piperidine rings is 1. The second-order valence-corrected chi connectivity index (χ2v) is 6.80. The molecule has 0 aliphatic carbocycles. The minimum atomic E-state index is 0.0394. The lowest BCUT2D eigenvalue weighted by atomic mass is 9.98. The molecule has 82 valence electrons. The van der Waals surface area contributed by atoms with E-state index >= 15 is 0 Å². The molecule has 1 aliphatic heterocycles. The van der Waals surface area contributed by atoms with Crippen LogP contribution >= 0.6 is 7.92 Å². The van der Waals surface area contributed by atoms with E-state index in [1.165, 1.54) is 36.7 Å². The summed E-state index contributed by atoms with van der Waals surface area (Å²) in [4.78, 5) is 0. The van der Waals surface area contributed by atoms with Crippen LogP contribution in [0.3, 0.4) is 0 Å². The molecule has 1 aliphatic rings. The Labute approximate surface area is 94.0 Å². The molecule has 0 spiro atoms. The fourth-order valence-corrected chi connectivity index (χ4v) is 2.95. The van der Waals surface area contributed by atoms with Crippen molar-refractivity contribution in [3.63, 3.8) is 0 Å². The number of hydrogen-bond acceptors (Lipinski definition) is 1. The van der Waals surface area contributed by atoms with Crippen LogP contribution in [0.25, 0.3) is 0 Å². The van der Waals surface area contributed by atoms with Gasteiger partial charge in [0, 0.05) is 6.04 Å². The summed E-state index contributed by atoms with van der Waals surface area (Å²) in [6.07, 6.45) is 4.01. The first-order valence-electron chi connectivity index (χ1n) is 5.78. The zero-order valence-corrected chi connectivity index (χ0v) is 10.6. The predicted molar refractivity (Wildman–Crippen MR) is 69.4 cm³/mol. The molecule has 1 saturated heterocycles. The average molecular weight is 221 g/mol. The van der Waals surface area contributed by atoms with Crippen LogP contribution < -0.4 is 10.6 Å². The maximum atomic E-state index is 3.61. The number of nitrogens with one attached hydrogen (secondary N) is 1. The van der Waals surface area contributed by atoms with Gasteiger partial charge >= 0.3 is 0 Å². The molecule has 0 radical (unpaired) electrons. The first kappa shape index (κ1) is 11.1. The van der Waals surface area contributed by atoms with Crippen LogP contribution in [-0.2, 0) is 0 Å². The van der Waals surface area contributed by atoms with Gasteiger partial charge in [0.05, 0.1) is 0 Å². The molecule has 1 aromatic carbocycles. The smallest absolute Gasteiger partial charge is 0.0320 e. The van der Waals surface area contributed by atoms with E-state index in [4.69, 9.17) is 0 Å². The summed E-state index contributed by atoms with van der Waals surface area (Å²) in [7, 11) is 0.0394. The van der Waals surface area contributed by atoms with Crippen LogP contribution in [0.15, 0.2) is 24.3 Å². The average Bonchev–Trinajstić information content (AvgIpc) is 2.30. The van der Waals surface area contributed by atoms with Crippen molar-refractivity contribution in [1.82, 2.24) is 5.32 Å². The molecular weight excluding hydrogens is 201 g/mol.